The molecule has 0 saturated carbocycles. The summed E-state index contributed by atoms with van der Waals surface area (Å²) in [7, 11) is 0. The monoisotopic (exact) mass is 424 g/mol. The predicted molar refractivity (Wildman–Crippen MR) is 93.9 cm³/mol. The number of carbonyl (C=O) groups is 2. The van der Waals surface area contributed by atoms with E-state index in [4.69, 9.17) is 9.47 Å². The maximum atomic E-state index is 10.4. The Balaban J connectivity index is -0.0000000843. The summed E-state index contributed by atoms with van der Waals surface area (Å²) in [4.78, 5) is 40.0. The van der Waals surface area contributed by atoms with Crippen molar-refractivity contribution in [2.45, 2.75) is 66.6 Å². The van der Waals surface area contributed by atoms with Crippen molar-refractivity contribution >= 4 is 24.1 Å². The summed E-state index contributed by atoms with van der Waals surface area (Å²) >= 11 is 0. The molecule has 0 N–H and O–H groups in total. The third-order valence-electron chi connectivity index (χ3n) is 1.47. The Hall–Kier alpha value is -0.766. The number of ketones is 2. The second kappa shape index (κ2) is 32.9. The Kier molecular flexibility index (Phi) is 45.1. The number of ether oxygens (including phenoxy) is 2. The van der Waals surface area contributed by atoms with Gasteiger partial charge in [0.15, 0.2) is 0 Å². The molecule has 0 radical (unpaired) electrons. The van der Waals surface area contributed by atoms with Crippen molar-refractivity contribution in [1.29, 1.82) is 0 Å². The molecule has 0 fully saturated rings. The first-order valence-electron chi connectivity index (χ1n) is 8.29. The first-order valence-corrected chi connectivity index (χ1v) is 8.29. The van der Waals surface area contributed by atoms with Crippen LogP contribution in [-0.4, -0.2) is 62.8 Å². The number of hydrogen-bond acceptors (Lipinski definition) is 8. The van der Waals surface area contributed by atoms with Gasteiger partial charge in [0.05, 0.1) is 0 Å². The molecule has 0 aliphatic heterocycles. The van der Waals surface area contributed by atoms with E-state index in [1.807, 2.05) is 0 Å². The largest absolute Gasteiger partial charge is 4.00 e. The molecule has 27 heavy (non-hydrogen) atoms. The number of rotatable bonds is 10. The third kappa shape index (κ3) is 77.8. The van der Waals surface area contributed by atoms with E-state index < -0.39 is 12.2 Å². The average Bonchev–Trinajstić information content (AvgIpc) is 2.51. The third-order valence-corrected chi connectivity index (χ3v) is 1.47. The van der Waals surface area contributed by atoms with Gasteiger partial charge in [-0.1, -0.05) is 40.5 Å². The van der Waals surface area contributed by atoms with Gasteiger partial charge >= 0.3 is 21.7 Å². The van der Waals surface area contributed by atoms with Gasteiger partial charge in [0.25, 0.3) is 0 Å². The van der Waals surface area contributed by atoms with Crippen molar-refractivity contribution in [3.05, 3.63) is 0 Å². The first-order chi connectivity index (χ1) is 12.1. The molecule has 0 aromatic carbocycles. The minimum Gasteiger partial charge on any atom is -0.852 e. The smallest absolute Gasteiger partial charge is 0.852 e. The summed E-state index contributed by atoms with van der Waals surface area (Å²) in [5, 5.41) is 19.1. The molecule has 8 nitrogen and oxygen atoms in total. The van der Waals surface area contributed by atoms with E-state index in [2.05, 4.69) is 0 Å². The predicted octanol–water partition coefficient (Wildman–Crippen LogP) is -0.309. The van der Waals surface area contributed by atoms with E-state index >= 15 is 0 Å². The van der Waals surface area contributed by atoms with Crippen LogP contribution in [-0.2, 0) is 50.4 Å². The molecule has 0 aromatic rings. The molecule has 0 spiro atoms. The van der Waals surface area contributed by atoms with E-state index in [0.717, 1.165) is 0 Å². The summed E-state index contributed by atoms with van der Waals surface area (Å²) < 4.78 is 9.44. The summed E-state index contributed by atoms with van der Waals surface area (Å²) in [6.07, 6.45) is 1.85. The van der Waals surface area contributed by atoms with Crippen molar-refractivity contribution in [2.75, 3.05) is 26.4 Å². The van der Waals surface area contributed by atoms with Crippen LogP contribution in [0.3, 0.4) is 0 Å². The van der Waals surface area contributed by atoms with Gasteiger partial charge in [0.1, 0.15) is 24.8 Å². The Labute approximate surface area is 177 Å². The SMILES string of the molecule is CC(C)[O-].CC(C)[O-].CCOCC(=O)C[C-]=O.CCOCC(=O)C[C-]=O.[Ti+4]. The van der Waals surface area contributed by atoms with Crippen molar-refractivity contribution in [3.8, 4) is 0 Å². The van der Waals surface area contributed by atoms with Crippen LogP contribution in [0.15, 0.2) is 0 Å². The normalized spacial score (nSPS) is 8.67. The van der Waals surface area contributed by atoms with Crippen molar-refractivity contribution in [2.24, 2.45) is 0 Å². The van der Waals surface area contributed by atoms with E-state index in [1.165, 1.54) is 12.6 Å². The van der Waals surface area contributed by atoms with E-state index in [-0.39, 0.29) is 59.3 Å². The zero-order chi connectivity index (χ0) is 21.4. The van der Waals surface area contributed by atoms with Gasteiger partial charge < -0.3 is 29.3 Å². The molecular formula is C18H32O8Ti. The maximum absolute atomic E-state index is 10.4. The fourth-order valence-corrected chi connectivity index (χ4v) is 0.695. The van der Waals surface area contributed by atoms with Crippen LogP contribution in [0.1, 0.15) is 54.4 Å². The van der Waals surface area contributed by atoms with Crippen LogP contribution in [0.2, 0.25) is 0 Å². The maximum Gasteiger partial charge on any atom is 4.00 e. The minimum absolute atomic E-state index is 0. The zero-order valence-electron chi connectivity index (χ0n) is 17.2. The van der Waals surface area contributed by atoms with E-state index in [0.29, 0.717) is 13.2 Å². The van der Waals surface area contributed by atoms with Gasteiger partial charge in [-0.2, -0.15) is 0 Å². The molecule has 0 aromatic heterocycles. The number of hydrogen-bond donors (Lipinski definition) is 0. The fourth-order valence-electron chi connectivity index (χ4n) is 0.695. The summed E-state index contributed by atoms with van der Waals surface area (Å²) in [5.74, 6) is -0.432. The summed E-state index contributed by atoms with van der Waals surface area (Å²) in [6.45, 7) is 11.1. The van der Waals surface area contributed by atoms with Gasteiger partial charge in [-0.05, 0) is 13.8 Å². The van der Waals surface area contributed by atoms with Gasteiger partial charge in [-0.3, -0.25) is 22.2 Å². The summed E-state index contributed by atoms with van der Waals surface area (Å²) in [6, 6.07) is 0. The summed E-state index contributed by atoms with van der Waals surface area (Å²) in [5.41, 5.74) is 0. The van der Waals surface area contributed by atoms with Crippen molar-refractivity contribution in [3.63, 3.8) is 0 Å². The van der Waals surface area contributed by atoms with Crippen LogP contribution in [0.4, 0.5) is 0 Å². The van der Waals surface area contributed by atoms with Crippen molar-refractivity contribution < 1.29 is 60.6 Å². The first kappa shape index (κ1) is 37.0. The molecule has 0 saturated heterocycles. The minimum atomic E-state index is -0.417. The molecule has 0 aliphatic rings. The molecule has 0 bridgehead atoms. The Morgan fingerprint density at radius 2 is 1.00 bits per heavy atom. The molecule has 0 amide bonds. The second-order valence-corrected chi connectivity index (χ2v) is 5.09. The van der Waals surface area contributed by atoms with Crippen LogP contribution in [0, 0.1) is 0 Å². The quantitative estimate of drug-likeness (QED) is 0.265. The van der Waals surface area contributed by atoms with Gasteiger partial charge in [0, 0.05) is 13.2 Å². The average molecular weight is 424 g/mol. The Morgan fingerprint density at radius 1 is 0.778 bits per heavy atom. The Morgan fingerprint density at radius 3 is 1.15 bits per heavy atom. The molecule has 0 aliphatic carbocycles. The van der Waals surface area contributed by atoms with E-state index in [1.54, 1.807) is 41.5 Å². The molecule has 0 heterocycles. The molecule has 156 valence electrons. The fraction of sp³-hybridized carbons (Fsp3) is 0.778. The van der Waals surface area contributed by atoms with Crippen molar-refractivity contribution in [1.82, 2.24) is 0 Å². The van der Waals surface area contributed by atoms with Gasteiger partial charge in [-0.25, -0.2) is 0 Å². The molecule has 0 rings (SSSR count). The van der Waals surface area contributed by atoms with Crippen LogP contribution in [0.5, 0.6) is 0 Å². The molecule has 0 unspecified atom stereocenters. The van der Waals surface area contributed by atoms with Gasteiger partial charge in [-0.15, -0.1) is 12.2 Å². The van der Waals surface area contributed by atoms with Crippen LogP contribution >= 0.6 is 0 Å². The zero-order valence-corrected chi connectivity index (χ0v) is 18.7. The van der Waals surface area contributed by atoms with Crippen LogP contribution < -0.4 is 10.2 Å². The number of carbonyl (C=O) groups excluding carboxylic acids is 4. The molecule has 9 heteroatoms. The van der Waals surface area contributed by atoms with Gasteiger partial charge in [0.2, 0.25) is 0 Å². The standard InChI is InChI=1S/2C6H9O3.2C3H7O.Ti/c2*1-2-9-5-6(8)3-4-7;2*1-3(2)4;/h2*2-3,5H2,1H3;2*3H,1-2H3;/q4*-1;+4. The van der Waals surface area contributed by atoms with E-state index in [9.17, 15) is 29.4 Å². The second-order valence-electron chi connectivity index (χ2n) is 5.09. The molecular weight excluding hydrogens is 392 g/mol. The topological polar surface area (TPSA) is 133 Å². The van der Waals surface area contributed by atoms with Crippen LogP contribution in [0.25, 0.3) is 0 Å². The number of Topliss-reactive ketones (excluding diaryl/α,β-unsaturated/α-hetero) is 2. The molecule has 0 atom stereocenters. The Bertz CT molecular complexity index is 296.